The fourth-order valence-corrected chi connectivity index (χ4v) is 4.13. The highest BCUT2D eigenvalue weighted by Crippen LogP contribution is 2.20. The molecule has 1 fully saturated rings. The van der Waals surface area contributed by atoms with E-state index in [0.29, 0.717) is 0 Å². The van der Waals surface area contributed by atoms with Gasteiger partial charge in [0.25, 0.3) is 0 Å². The summed E-state index contributed by atoms with van der Waals surface area (Å²) in [4.78, 5) is 13.0. The van der Waals surface area contributed by atoms with E-state index in [1.807, 2.05) is 16.8 Å². The van der Waals surface area contributed by atoms with Gasteiger partial charge in [-0.3, -0.25) is 4.79 Å². The van der Waals surface area contributed by atoms with Gasteiger partial charge < -0.3 is 15.0 Å². The first kappa shape index (κ1) is 18.0. The average Bonchev–Trinajstić information content (AvgIpc) is 2.94. The number of hydrogen-bond donors (Lipinski definition) is 2. The molecule has 6 nitrogen and oxygen atoms in total. The molecule has 0 saturated carbocycles. The van der Waals surface area contributed by atoms with Gasteiger partial charge in [0.1, 0.15) is 0 Å². The number of piperidine rings is 1. The van der Waals surface area contributed by atoms with E-state index in [1.54, 1.807) is 0 Å². The summed E-state index contributed by atoms with van der Waals surface area (Å²) in [6.07, 6.45) is 1.71. The number of esters is 1. The van der Waals surface area contributed by atoms with Gasteiger partial charge in [-0.2, -0.15) is 4.68 Å². The van der Waals surface area contributed by atoms with E-state index in [-0.39, 0.29) is 11.9 Å². The van der Waals surface area contributed by atoms with E-state index in [4.69, 9.17) is 17.0 Å². The Morgan fingerprint density at radius 1 is 1.48 bits per heavy atom. The lowest BCUT2D eigenvalue weighted by Crippen LogP contribution is -3.12. The number of benzene rings is 1. The molecule has 0 aliphatic carbocycles. The van der Waals surface area contributed by atoms with Crippen LogP contribution in [0.3, 0.4) is 0 Å². The van der Waals surface area contributed by atoms with Gasteiger partial charge in [0, 0.05) is 18.5 Å². The van der Waals surface area contributed by atoms with Crippen LogP contribution in [-0.2, 0) is 16.2 Å². The van der Waals surface area contributed by atoms with Crippen molar-refractivity contribution in [1.29, 1.82) is 0 Å². The molecule has 1 aliphatic heterocycles. The molecule has 2 heterocycles. The molecule has 0 spiro atoms. The van der Waals surface area contributed by atoms with E-state index in [1.165, 1.54) is 28.9 Å². The van der Waals surface area contributed by atoms with Gasteiger partial charge in [0.2, 0.25) is 5.13 Å². The molecule has 25 heavy (non-hydrogen) atoms. The second-order valence-corrected chi connectivity index (χ2v) is 8.00. The van der Waals surface area contributed by atoms with Crippen molar-refractivity contribution < 1.29 is 14.4 Å². The fourth-order valence-electron chi connectivity index (χ4n) is 3.10. The van der Waals surface area contributed by atoms with E-state index in [2.05, 4.69) is 29.5 Å². The maximum Gasteiger partial charge on any atom is 0.309 e. The topological polar surface area (TPSA) is 60.6 Å². The smallest absolute Gasteiger partial charge is 0.309 e. The molecule has 8 heteroatoms. The van der Waals surface area contributed by atoms with E-state index < -0.39 is 0 Å². The van der Waals surface area contributed by atoms with Gasteiger partial charge in [0.15, 0.2) is 10.6 Å². The Labute approximate surface area is 156 Å². The van der Waals surface area contributed by atoms with Crippen LogP contribution in [0.4, 0.5) is 10.8 Å². The van der Waals surface area contributed by atoms with Crippen LogP contribution in [0.5, 0.6) is 0 Å². The standard InChI is InChI=1S/C17H22N4O2S2/c1-12-4-3-5-14(10-12)18-16-19-21(17(24)25-16)11-20-8-6-13(7-9-20)15(22)23-2/h3-5,10,13H,6-9,11H2,1-2H3,(H,18,19)/p+1. The molecule has 0 amide bonds. The molecule has 134 valence electrons. The molecule has 0 unspecified atom stereocenters. The molecule has 1 saturated heterocycles. The van der Waals surface area contributed by atoms with E-state index >= 15 is 0 Å². The number of hydrogen-bond acceptors (Lipinski definition) is 6. The number of rotatable bonds is 5. The second-order valence-electron chi connectivity index (χ2n) is 6.37. The van der Waals surface area contributed by atoms with Crippen molar-refractivity contribution in [3.63, 3.8) is 0 Å². The average molecular weight is 380 g/mol. The Hall–Kier alpha value is -1.77. The number of likely N-dealkylation sites (tertiary alicyclic amines) is 1. The van der Waals surface area contributed by atoms with Gasteiger partial charge in [-0.15, -0.1) is 5.10 Å². The number of carbonyl (C=O) groups is 1. The highest BCUT2D eigenvalue weighted by Gasteiger charge is 2.28. The maximum atomic E-state index is 11.6. The summed E-state index contributed by atoms with van der Waals surface area (Å²) in [6.45, 7) is 4.66. The summed E-state index contributed by atoms with van der Waals surface area (Å²) in [5, 5.41) is 8.73. The van der Waals surface area contributed by atoms with Crippen molar-refractivity contribution in [1.82, 2.24) is 9.78 Å². The zero-order valence-corrected chi connectivity index (χ0v) is 16.1. The highest BCUT2D eigenvalue weighted by atomic mass is 32.1. The van der Waals surface area contributed by atoms with Gasteiger partial charge in [0.05, 0.1) is 26.1 Å². The van der Waals surface area contributed by atoms with Crippen molar-refractivity contribution in [3.8, 4) is 0 Å². The second kappa shape index (κ2) is 8.07. The fraction of sp³-hybridized carbons (Fsp3) is 0.471. The van der Waals surface area contributed by atoms with Crippen molar-refractivity contribution in [2.45, 2.75) is 26.4 Å². The minimum Gasteiger partial charge on any atom is -0.469 e. The van der Waals surface area contributed by atoms with Crippen molar-refractivity contribution in [3.05, 3.63) is 33.8 Å². The first-order chi connectivity index (χ1) is 12.0. The Balaban J connectivity index is 1.60. The van der Waals surface area contributed by atoms with Gasteiger partial charge >= 0.3 is 5.97 Å². The molecule has 0 atom stereocenters. The van der Waals surface area contributed by atoms with Crippen LogP contribution in [0.2, 0.25) is 0 Å². The molecule has 1 aromatic heterocycles. The summed E-state index contributed by atoms with van der Waals surface area (Å²) in [5.74, 6) is -0.0512. The monoisotopic (exact) mass is 379 g/mol. The van der Waals surface area contributed by atoms with Crippen LogP contribution in [0.25, 0.3) is 0 Å². The Kier molecular flexibility index (Phi) is 5.82. The Morgan fingerprint density at radius 3 is 2.92 bits per heavy atom. The number of ether oxygens (including phenoxy) is 1. The van der Waals surface area contributed by atoms with E-state index in [9.17, 15) is 4.79 Å². The summed E-state index contributed by atoms with van der Waals surface area (Å²) in [7, 11) is 1.46. The first-order valence-electron chi connectivity index (χ1n) is 8.38. The number of nitrogens with zero attached hydrogens (tertiary/aromatic N) is 2. The van der Waals surface area contributed by atoms with Crippen LogP contribution < -0.4 is 10.2 Å². The van der Waals surface area contributed by atoms with Crippen LogP contribution in [0.1, 0.15) is 18.4 Å². The number of carbonyl (C=O) groups excluding carboxylic acids is 1. The van der Waals surface area contributed by atoms with Crippen molar-refractivity contribution in [2.75, 3.05) is 25.5 Å². The molecule has 1 aliphatic rings. The Bertz CT molecular complexity index is 794. The molecular weight excluding hydrogens is 356 g/mol. The molecule has 0 bridgehead atoms. The molecular formula is C17H23N4O2S2+. The predicted octanol–water partition coefficient (Wildman–Crippen LogP) is 2.15. The summed E-state index contributed by atoms with van der Waals surface area (Å²) < 4.78 is 7.48. The Morgan fingerprint density at radius 2 is 2.24 bits per heavy atom. The molecule has 2 N–H and O–H groups in total. The molecule has 0 radical (unpaired) electrons. The molecule has 1 aromatic carbocycles. The normalized spacial score (nSPS) is 20.2. The maximum absolute atomic E-state index is 11.6. The van der Waals surface area contributed by atoms with Gasteiger partial charge in [-0.05, 0) is 36.8 Å². The lowest BCUT2D eigenvalue weighted by atomic mass is 9.97. The molecule has 3 rings (SSSR count). The first-order valence-corrected chi connectivity index (χ1v) is 9.60. The third kappa shape index (κ3) is 4.65. The van der Waals surface area contributed by atoms with E-state index in [0.717, 1.165) is 47.4 Å². The predicted molar refractivity (Wildman–Crippen MR) is 101 cm³/mol. The minimum absolute atomic E-state index is 0.0377. The van der Waals surface area contributed by atoms with Crippen LogP contribution in [0.15, 0.2) is 24.3 Å². The minimum atomic E-state index is -0.0889. The van der Waals surface area contributed by atoms with Gasteiger partial charge in [-0.25, -0.2) is 0 Å². The number of nitrogens with one attached hydrogen (secondary N) is 2. The number of anilines is 2. The SMILES string of the molecule is COC(=O)C1CC[NH+](Cn2nc(Nc3cccc(C)c3)sc2=S)CC1. The largest absolute Gasteiger partial charge is 0.469 e. The quantitative estimate of drug-likeness (QED) is 0.616. The number of quaternary nitrogens is 1. The zero-order valence-electron chi connectivity index (χ0n) is 14.4. The van der Waals surface area contributed by atoms with Crippen LogP contribution >= 0.6 is 23.6 Å². The molecule has 2 aromatic rings. The lowest BCUT2D eigenvalue weighted by Gasteiger charge is -2.27. The summed E-state index contributed by atoms with van der Waals surface area (Å²) in [6, 6.07) is 8.18. The van der Waals surface area contributed by atoms with Crippen LogP contribution in [0, 0.1) is 16.8 Å². The van der Waals surface area contributed by atoms with Crippen LogP contribution in [-0.4, -0.2) is 35.9 Å². The number of methoxy groups -OCH3 is 1. The third-order valence-electron chi connectivity index (χ3n) is 4.48. The van der Waals surface area contributed by atoms with Crippen molar-refractivity contribution in [2.24, 2.45) is 5.92 Å². The van der Waals surface area contributed by atoms with Gasteiger partial charge in [-0.1, -0.05) is 23.5 Å². The summed E-state index contributed by atoms with van der Waals surface area (Å²) >= 11 is 6.94. The summed E-state index contributed by atoms with van der Waals surface area (Å²) in [5.41, 5.74) is 2.22. The number of aryl methyl sites for hydroxylation is 1. The highest BCUT2D eigenvalue weighted by molar-refractivity contribution is 7.73. The van der Waals surface area contributed by atoms with Crippen molar-refractivity contribution >= 4 is 40.3 Å². The zero-order chi connectivity index (χ0) is 17.8. The third-order valence-corrected chi connectivity index (χ3v) is 5.70. The number of aromatic nitrogens is 2. The lowest BCUT2D eigenvalue weighted by molar-refractivity contribution is -0.928.